The molecule has 174 valence electrons. The minimum atomic E-state index is -4.68. The first-order valence-corrected chi connectivity index (χ1v) is 10.7. The van der Waals surface area contributed by atoms with Gasteiger partial charge in [-0.05, 0) is 57.5 Å². The number of fused-ring (bicyclic) bond motifs is 1. The largest absolute Gasteiger partial charge is 0.573 e. The molecule has 2 heterocycles. The third kappa shape index (κ3) is 4.27. The van der Waals surface area contributed by atoms with Crippen molar-refractivity contribution in [3.05, 3.63) is 41.0 Å². The van der Waals surface area contributed by atoms with E-state index in [9.17, 15) is 13.2 Å². The lowest BCUT2D eigenvalue weighted by Crippen LogP contribution is -2.47. The van der Waals surface area contributed by atoms with Crippen LogP contribution in [0.5, 0.6) is 17.2 Å². The van der Waals surface area contributed by atoms with Crippen LogP contribution in [0.2, 0.25) is 0 Å². The van der Waals surface area contributed by atoms with Gasteiger partial charge in [-0.15, -0.1) is 13.2 Å². The summed E-state index contributed by atoms with van der Waals surface area (Å²) in [6.45, 7) is 11.5. The van der Waals surface area contributed by atoms with Crippen LogP contribution in [-0.4, -0.2) is 45.3 Å². The van der Waals surface area contributed by atoms with E-state index in [0.29, 0.717) is 0 Å². The van der Waals surface area contributed by atoms with Crippen molar-refractivity contribution < 1.29 is 27.4 Å². The maximum atomic E-state index is 12.4. The van der Waals surface area contributed by atoms with Crippen molar-refractivity contribution in [2.45, 2.75) is 46.1 Å². The minimum Gasteiger partial charge on any atom is -0.492 e. The lowest BCUT2D eigenvalue weighted by atomic mass is 9.93. The third-order valence-corrected chi connectivity index (χ3v) is 6.20. The molecule has 0 aromatic heterocycles. The van der Waals surface area contributed by atoms with Crippen LogP contribution in [0.4, 0.5) is 24.5 Å². The number of rotatable bonds is 4. The van der Waals surface area contributed by atoms with Gasteiger partial charge in [0, 0.05) is 55.1 Å². The highest BCUT2D eigenvalue weighted by molar-refractivity contribution is 5.73. The molecule has 0 bridgehead atoms. The molecule has 1 saturated heterocycles. The molecule has 2 aliphatic rings. The van der Waals surface area contributed by atoms with Crippen LogP contribution in [-0.2, 0) is 6.42 Å². The standard InChI is InChI=1S/C24H29F3N2O3/c1-15-19-14-23(3,4)32-22(19)21(30-5)16(2)20(15)29-12-10-28(11-13-29)17-6-8-18(9-7-17)31-24(25,26)27/h6-9H,10-14H2,1-5H3. The number of alkyl halides is 3. The Kier molecular flexibility index (Phi) is 5.59. The van der Waals surface area contributed by atoms with Crippen molar-refractivity contribution in [3.63, 3.8) is 0 Å². The van der Waals surface area contributed by atoms with Gasteiger partial charge in [0.05, 0.1) is 7.11 Å². The second-order valence-corrected chi connectivity index (χ2v) is 8.99. The number of halogens is 3. The molecule has 0 spiro atoms. The molecule has 32 heavy (non-hydrogen) atoms. The minimum absolute atomic E-state index is 0.207. The summed E-state index contributed by atoms with van der Waals surface area (Å²) in [6.07, 6.45) is -3.84. The van der Waals surface area contributed by atoms with Crippen LogP contribution in [0.1, 0.15) is 30.5 Å². The summed E-state index contributed by atoms with van der Waals surface area (Å²) in [5.74, 6) is 1.45. The van der Waals surface area contributed by atoms with Crippen molar-refractivity contribution in [1.29, 1.82) is 0 Å². The fourth-order valence-electron chi connectivity index (χ4n) is 4.84. The molecule has 0 radical (unpaired) electrons. The van der Waals surface area contributed by atoms with Gasteiger partial charge in [-0.1, -0.05) is 0 Å². The second-order valence-electron chi connectivity index (χ2n) is 8.99. The molecule has 2 aromatic carbocycles. The Morgan fingerprint density at radius 1 is 0.938 bits per heavy atom. The summed E-state index contributed by atoms with van der Waals surface area (Å²) in [5, 5.41) is 0. The molecule has 5 nitrogen and oxygen atoms in total. The van der Waals surface area contributed by atoms with Crippen LogP contribution in [0, 0.1) is 13.8 Å². The molecule has 2 aromatic rings. The highest BCUT2D eigenvalue weighted by Crippen LogP contribution is 2.50. The van der Waals surface area contributed by atoms with Gasteiger partial charge in [0.15, 0.2) is 11.5 Å². The molecule has 0 saturated carbocycles. The smallest absolute Gasteiger partial charge is 0.492 e. The first-order chi connectivity index (χ1) is 15.0. The van der Waals surface area contributed by atoms with Gasteiger partial charge in [-0.3, -0.25) is 0 Å². The zero-order valence-electron chi connectivity index (χ0n) is 19.1. The van der Waals surface area contributed by atoms with Crippen molar-refractivity contribution in [2.24, 2.45) is 0 Å². The van der Waals surface area contributed by atoms with Gasteiger partial charge in [0.25, 0.3) is 0 Å². The van der Waals surface area contributed by atoms with Crippen molar-refractivity contribution in [3.8, 4) is 17.2 Å². The first kappa shape index (κ1) is 22.4. The van der Waals surface area contributed by atoms with E-state index in [-0.39, 0.29) is 11.4 Å². The van der Waals surface area contributed by atoms with Crippen molar-refractivity contribution in [2.75, 3.05) is 43.1 Å². The lowest BCUT2D eigenvalue weighted by Gasteiger charge is -2.39. The van der Waals surface area contributed by atoms with Crippen LogP contribution >= 0.6 is 0 Å². The monoisotopic (exact) mass is 450 g/mol. The summed E-state index contributed by atoms with van der Waals surface area (Å²) in [7, 11) is 1.68. The van der Waals surface area contributed by atoms with E-state index in [2.05, 4.69) is 42.2 Å². The molecular weight excluding hydrogens is 421 g/mol. The molecule has 1 fully saturated rings. The number of hydrogen-bond donors (Lipinski definition) is 0. The number of benzene rings is 2. The summed E-state index contributed by atoms with van der Waals surface area (Å²) in [4.78, 5) is 4.55. The predicted molar refractivity (Wildman–Crippen MR) is 118 cm³/mol. The van der Waals surface area contributed by atoms with Crippen LogP contribution in [0.3, 0.4) is 0 Å². The molecule has 4 rings (SSSR count). The number of nitrogens with zero attached hydrogens (tertiary/aromatic N) is 2. The molecule has 2 aliphatic heterocycles. The van der Waals surface area contributed by atoms with Gasteiger partial charge in [-0.25, -0.2) is 0 Å². The molecule has 8 heteroatoms. The van der Waals surface area contributed by atoms with E-state index < -0.39 is 6.36 Å². The quantitative estimate of drug-likeness (QED) is 0.636. The fraction of sp³-hybridized carbons (Fsp3) is 0.500. The lowest BCUT2D eigenvalue weighted by molar-refractivity contribution is -0.274. The van der Waals surface area contributed by atoms with Gasteiger partial charge >= 0.3 is 6.36 Å². The van der Waals surface area contributed by atoms with Gasteiger partial charge in [0.2, 0.25) is 0 Å². The van der Waals surface area contributed by atoms with Crippen LogP contribution < -0.4 is 24.0 Å². The Hall–Kier alpha value is -2.77. The van der Waals surface area contributed by atoms with E-state index in [0.717, 1.165) is 55.3 Å². The zero-order valence-corrected chi connectivity index (χ0v) is 19.1. The van der Waals surface area contributed by atoms with Crippen molar-refractivity contribution >= 4 is 11.4 Å². The Labute approximate surface area is 186 Å². The highest BCUT2D eigenvalue weighted by atomic mass is 19.4. The molecule has 0 aliphatic carbocycles. The number of methoxy groups -OCH3 is 1. The maximum absolute atomic E-state index is 12.4. The Morgan fingerprint density at radius 2 is 1.53 bits per heavy atom. The fourth-order valence-corrected chi connectivity index (χ4v) is 4.84. The average Bonchev–Trinajstić information content (AvgIpc) is 3.04. The number of piperazine rings is 1. The van der Waals surface area contributed by atoms with E-state index in [1.54, 1.807) is 19.2 Å². The van der Waals surface area contributed by atoms with Crippen LogP contribution in [0.15, 0.2) is 24.3 Å². The van der Waals surface area contributed by atoms with Gasteiger partial charge in [-0.2, -0.15) is 0 Å². The summed E-state index contributed by atoms with van der Waals surface area (Å²) in [6, 6.07) is 6.06. The predicted octanol–water partition coefficient (Wildman–Crippen LogP) is 5.25. The topological polar surface area (TPSA) is 34.2 Å². The summed E-state index contributed by atoms with van der Waals surface area (Å²) in [5.41, 5.74) is 5.32. The number of anilines is 2. The molecule has 0 N–H and O–H groups in total. The number of hydrogen-bond acceptors (Lipinski definition) is 5. The second kappa shape index (κ2) is 7.98. The normalized spacial score (nSPS) is 17.8. The number of ether oxygens (including phenoxy) is 3. The van der Waals surface area contributed by atoms with Gasteiger partial charge in [0.1, 0.15) is 11.4 Å². The van der Waals surface area contributed by atoms with Crippen molar-refractivity contribution in [1.82, 2.24) is 0 Å². The third-order valence-electron chi connectivity index (χ3n) is 6.20. The highest BCUT2D eigenvalue weighted by Gasteiger charge is 2.37. The first-order valence-electron chi connectivity index (χ1n) is 10.7. The van der Waals surface area contributed by atoms with E-state index >= 15 is 0 Å². The molecule has 0 amide bonds. The average molecular weight is 451 g/mol. The van der Waals surface area contributed by atoms with Gasteiger partial charge < -0.3 is 24.0 Å². The van der Waals surface area contributed by atoms with E-state index in [4.69, 9.17) is 9.47 Å². The Bertz CT molecular complexity index is 995. The summed E-state index contributed by atoms with van der Waals surface area (Å²) < 4.78 is 53.1. The summed E-state index contributed by atoms with van der Waals surface area (Å²) >= 11 is 0. The molecule has 0 unspecified atom stereocenters. The Balaban J connectivity index is 1.52. The van der Waals surface area contributed by atoms with Crippen LogP contribution in [0.25, 0.3) is 0 Å². The molecule has 0 atom stereocenters. The SMILES string of the molecule is COc1c(C)c(N2CCN(c3ccc(OC(F)(F)F)cc3)CC2)c(C)c2c1OC(C)(C)C2. The Morgan fingerprint density at radius 3 is 2.09 bits per heavy atom. The van der Waals surface area contributed by atoms with E-state index in [1.165, 1.54) is 28.9 Å². The van der Waals surface area contributed by atoms with E-state index in [1.807, 2.05) is 0 Å². The zero-order chi connectivity index (χ0) is 23.3. The maximum Gasteiger partial charge on any atom is 0.573 e. The molecular formula is C24H29F3N2O3.